The van der Waals surface area contributed by atoms with E-state index in [0.717, 1.165) is 19.6 Å². The molecule has 1 fully saturated rings. The van der Waals surface area contributed by atoms with Crippen molar-refractivity contribution in [3.8, 4) is 0 Å². The third kappa shape index (κ3) is 5.89. The molecule has 0 aliphatic carbocycles. The lowest BCUT2D eigenvalue weighted by atomic mass is 10.1. The normalized spacial score (nSPS) is 24.7. The van der Waals surface area contributed by atoms with Crippen LogP contribution < -0.4 is 10.6 Å². The van der Waals surface area contributed by atoms with Crippen molar-refractivity contribution in [1.29, 1.82) is 0 Å². The summed E-state index contributed by atoms with van der Waals surface area (Å²) in [6, 6.07) is 0.322. The van der Waals surface area contributed by atoms with Crippen LogP contribution in [0, 0.1) is 5.92 Å². The summed E-state index contributed by atoms with van der Waals surface area (Å²) in [4.78, 5) is 11.4. The molecule has 2 N–H and O–H groups in total. The topological polar surface area (TPSA) is 59.6 Å². The van der Waals surface area contributed by atoms with Crippen LogP contribution in [-0.2, 0) is 9.47 Å². The second-order valence-corrected chi connectivity index (χ2v) is 5.55. The molecule has 0 aromatic rings. The van der Waals surface area contributed by atoms with E-state index in [4.69, 9.17) is 9.47 Å². The minimum Gasteiger partial charge on any atom is -0.444 e. The molecule has 1 rings (SSSR count). The first-order valence-corrected chi connectivity index (χ1v) is 6.10. The quantitative estimate of drug-likeness (QED) is 0.778. The van der Waals surface area contributed by atoms with Crippen LogP contribution in [0.25, 0.3) is 0 Å². The lowest BCUT2D eigenvalue weighted by molar-refractivity contribution is 0.0523. The van der Waals surface area contributed by atoms with Crippen molar-refractivity contribution in [1.82, 2.24) is 10.6 Å². The second kappa shape index (κ2) is 6.21. The van der Waals surface area contributed by atoms with Gasteiger partial charge in [0.25, 0.3) is 0 Å². The summed E-state index contributed by atoms with van der Waals surface area (Å²) in [5.74, 6) is 0.547. The van der Waals surface area contributed by atoms with Crippen molar-refractivity contribution in [2.75, 3.05) is 26.8 Å². The summed E-state index contributed by atoms with van der Waals surface area (Å²) >= 11 is 0. The molecule has 0 aromatic carbocycles. The Morgan fingerprint density at radius 1 is 1.47 bits per heavy atom. The van der Waals surface area contributed by atoms with Crippen molar-refractivity contribution >= 4 is 6.09 Å². The van der Waals surface area contributed by atoms with E-state index in [2.05, 4.69) is 10.6 Å². The van der Waals surface area contributed by atoms with Gasteiger partial charge in [0.2, 0.25) is 0 Å². The number of rotatable bonds is 4. The van der Waals surface area contributed by atoms with Gasteiger partial charge in [-0.2, -0.15) is 0 Å². The molecule has 2 atom stereocenters. The fraction of sp³-hybridized carbons (Fsp3) is 0.917. The zero-order valence-electron chi connectivity index (χ0n) is 11.2. The van der Waals surface area contributed by atoms with Crippen LogP contribution in [0.2, 0.25) is 0 Å². The lowest BCUT2D eigenvalue weighted by Gasteiger charge is -2.20. The van der Waals surface area contributed by atoms with Crippen LogP contribution >= 0.6 is 0 Å². The molecule has 5 heteroatoms. The van der Waals surface area contributed by atoms with Crippen LogP contribution in [0.3, 0.4) is 0 Å². The molecule has 1 heterocycles. The summed E-state index contributed by atoms with van der Waals surface area (Å²) < 4.78 is 10.3. The van der Waals surface area contributed by atoms with Crippen molar-refractivity contribution in [2.45, 2.75) is 38.8 Å². The van der Waals surface area contributed by atoms with E-state index >= 15 is 0 Å². The second-order valence-electron chi connectivity index (χ2n) is 5.55. The number of hydrogen-bond donors (Lipinski definition) is 2. The smallest absolute Gasteiger partial charge is 0.407 e. The first-order chi connectivity index (χ1) is 7.90. The van der Waals surface area contributed by atoms with Gasteiger partial charge in [-0.3, -0.25) is 0 Å². The van der Waals surface area contributed by atoms with Crippen molar-refractivity contribution in [2.24, 2.45) is 5.92 Å². The molecular weight excluding hydrogens is 220 g/mol. The van der Waals surface area contributed by atoms with Gasteiger partial charge in [0, 0.05) is 26.2 Å². The van der Waals surface area contributed by atoms with E-state index in [0.29, 0.717) is 18.5 Å². The molecule has 1 saturated heterocycles. The van der Waals surface area contributed by atoms with Crippen LogP contribution in [0.1, 0.15) is 27.2 Å². The Morgan fingerprint density at radius 3 is 2.76 bits per heavy atom. The number of carbonyl (C=O) groups is 1. The van der Waals surface area contributed by atoms with Gasteiger partial charge in [0.1, 0.15) is 5.60 Å². The summed E-state index contributed by atoms with van der Waals surface area (Å²) in [7, 11) is 1.71. The Hall–Kier alpha value is -0.810. The highest BCUT2D eigenvalue weighted by Crippen LogP contribution is 2.13. The van der Waals surface area contributed by atoms with Crippen molar-refractivity contribution < 1.29 is 14.3 Å². The summed E-state index contributed by atoms with van der Waals surface area (Å²) in [6.45, 7) is 7.90. The average Bonchev–Trinajstić information content (AvgIpc) is 2.61. The van der Waals surface area contributed by atoms with E-state index in [9.17, 15) is 4.79 Å². The fourth-order valence-corrected chi connectivity index (χ4v) is 1.94. The molecule has 0 radical (unpaired) electrons. The molecule has 17 heavy (non-hydrogen) atoms. The molecule has 0 spiro atoms. The highest BCUT2D eigenvalue weighted by atomic mass is 16.6. The third-order valence-corrected chi connectivity index (χ3v) is 2.61. The average molecular weight is 244 g/mol. The van der Waals surface area contributed by atoms with E-state index in [1.165, 1.54) is 0 Å². The SMILES string of the molecule is COC[C@@H]1CN[C@H](CNC(=O)OC(C)(C)C)C1. The van der Waals surface area contributed by atoms with Crippen LogP contribution in [0.15, 0.2) is 0 Å². The van der Waals surface area contributed by atoms with Gasteiger partial charge in [-0.15, -0.1) is 0 Å². The van der Waals surface area contributed by atoms with E-state index in [-0.39, 0.29) is 6.09 Å². The minimum atomic E-state index is -0.439. The van der Waals surface area contributed by atoms with Gasteiger partial charge in [-0.05, 0) is 33.1 Å². The Morgan fingerprint density at radius 2 is 2.18 bits per heavy atom. The maximum Gasteiger partial charge on any atom is 0.407 e. The van der Waals surface area contributed by atoms with Gasteiger partial charge < -0.3 is 20.1 Å². The number of amides is 1. The Labute approximate surface area is 103 Å². The molecule has 0 unspecified atom stereocenters. The molecule has 1 amide bonds. The number of ether oxygens (including phenoxy) is 2. The zero-order chi connectivity index (χ0) is 12.9. The maximum atomic E-state index is 11.4. The van der Waals surface area contributed by atoms with Crippen molar-refractivity contribution in [3.63, 3.8) is 0 Å². The third-order valence-electron chi connectivity index (χ3n) is 2.61. The van der Waals surface area contributed by atoms with E-state index < -0.39 is 5.60 Å². The highest BCUT2D eigenvalue weighted by Gasteiger charge is 2.24. The van der Waals surface area contributed by atoms with E-state index in [1.54, 1.807) is 7.11 Å². The number of nitrogens with one attached hydrogen (secondary N) is 2. The van der Waals surface area contributed by atoms with Crippen LogP contribution in [0.5, 0.6) is 0 Å². The molecule has 1 aliphatic rings. The molecule has 0 bridgehead atoms. The number of carbonyl (C=O) groups excluding carboxylic acids is 1. The molecule has 100 valence electrons. The largest absolute Gasteiger partial charge is 0.444 e. The minimum absolute atomic E-state index is 0.322. The monoisotopic (exact) mass is 244 g/mol. The number of hydrogen-bond acceptors (Lipinski definition) is 4. The molecular formula is C12H24N2O3. The first kappa shape index (κ1) is 14.3. The van der Waals surface area contributed by atoms with Gasteiger partial charge in [-0.1, -0.05) is 0 Å². The van der Waals surface area contributed by atoms with Gasteiger partial charge >= 0.3 is 6.09 Å². The van der Waals surface area contributed by atoms with Crippen LogP contribution in [0.4, 0.5) is 4.79 Å². The zero-order valence-corrected chi connectivity index (χ0v) is 11.2. The van der Waals surface area contributed by atoms with Gasteiger partial charge in [-0.25, -0.2) is 4.79 Å². The number of methoxy groups -OCH3 is 1. The summed E-state index contributed by atoms with van der Waals surface area (Å²) in [6.07, 6.45) is 0.679. The Bertz CT molecular complexity index is 251. The fourth-order valence-electron chi connectivity index (χ4n) is 1.94. The van der Waals surface area contributed by atoms with Gasteiger partial charge in [0.15, 0.2) is 0 Å². The van der Waals surface area contributed by atoms with Crippen molar-refractivity contribution in [3.05, 3.63) is 0 Å². The van der Waals surface area contributed by atoms with Gasteiger partial charge in [0.05, 0.1) is 6.61 Å². The predicted molar refractivity (Wildman–Crippen MR) is 66.0 cm³/mol. The Balaban J connectivity index is 2.17. The molecule has 1 aliphatic heterocycles. The summed E-state index contributed by atoms with van der Waals surface area (Å²) in [5, 5.41) is 6.14. The lowest BCUT2D eigenvalue weighted by Crippen LogP contribution is -2.39. The molecule has 5 nitrogen and oxygen atoms in total. The standard InChI is InChI=1S/C12H24N2O3/c1-12(2,3)17-11(15)14-7-10-5-9(6-13-10)8-16-4/h9-10,13H,5-8H2,1-4H3,(H,14,15)/t9-,10-/m0/s1. The van der Waals surface area contributed by atoms with Crippen LogP contribution in [-0.4, -0.2) is 44.5 Å². The molecule has 0 saturated carbocycles. The Kier molecular flexibility index (Phi) is 5.21. The number of alkyl carbamates (subject to hydrolysis) is 1. The molecule has 0 aromatic heterocycles. The van der Waals surface area contributed by atoms with E-state index in [1.807, 2.05) is 20.8 Å². The maximum absolute atomic E-state index is 11.4. The first-order valence-electron chi connectivity index (χ1n) is 6.10. The predicted octanol–water partition coefficient (Wildman–Crippen LogP) is 1.14. The highest BCUT2D eigenvalue weighted by molar-refractivity contribution is 5.67. The summed E-state index contributed by atoms with van der Waals surface area (Å²) in [5.41, 5.74) is -0.439.